The van der Waals surface area contributed by atoms with Crippen molar-refractivity contribution in [3.63, 3.8) is 0 Å². The fraction of sp³-hybridized carbons (Fsp3) is 0.600. The van der Waals surface area contributed by atoms with Crippen molar-refractivity contribution >= 4 is 0 Å². The molecule has 160 valence electrons. The van der Waals surface area contributed by atoms with Gasteiger partial charge in [-0.25, -0.2) is 18.7 Å². The molecule has 0 amide bonds. The van der Waals surface area contributed by atoms with Crippen LogP contribution in [0.1, 0.15) is 89.2 Å². The molecule has 2 aromatic rings. The van der Waals surface area contributed by atoms with Crippen molar-refractivity contribution in [1.82, 2.24) is 9.97 Å². The second kappa shape index (κ2) is 13.4. The van der Waals surface area contributed by atoms with E-state index in [-0.39, 0.29) is 5.82 Å². The van der Waals surface area contributed by atoms with E-state index in [4.69, 9.17) is 0 Å². The minimum atomic E-state index is -0.784. The Morgan fingerprint density at radius 1 is 0.828 bits per heavy atom. The third-order valence-corrected chi connectivity index (χ3v) is 5.37. The standard InChI is InChI=1S/C25H36F2N2/c1-3-4-5-6-7-8-9-10-13-21-15-16-23(24(27)17-21)25-28-18-22(19-29-25)14-11-12-20(2)26/h15-20H,3-14H2,1-2H3. The summed E-state index contributed by atoms with van der Waals surface area (Å²) in [5, 5.41) is 0. The van der Waals surface area contributed by atoms with Gasteiger partial charge in [-0.05, 0) is 62.3 Å². The number of benzene rings is 1. The third-order valence-electron chi connectivity index (χ3n) is 5.37. The molecule has 1 aromatic heterocycles. The van der Waals surface area contributed by atoms with Crippen LogP contribution in [0.2, 0.25) is 0 Å². The van der Waals surface area contributed by atoms with Crippen LogP contribution >= 0.6 is 0 Å². The van der Waals surface area contributed by atoms with Crippen LogP contribution < -0.4 is 0 Å². The van der Waals surface area contributed by atoms with E-state index >= 15 is 0 Å². The summed E-state index contributed by atoms with van der Waals surface area (Å²) in [5.41, 5.74) is 2.43. The van der Waals surface area contributed by atoms with Crippen molar-refractivity contribution in [2.24, 2.45) is 0 Å². The minimum Gasteiger partial charge on any atom is -0.248 e. The fourth-order valence-electron chi connectivity index (χ4n) is 3.57. The highest BCUT2D eigenvalue weighted by molar-refractivity contribution is 5.56. The van der Waals surface area contributed by atoms with Crippen molar-refractivity contribution in [2.75, 3.05) is 0 Å². The quantitative estimate of drug-likeness (QED) is 0.303. The van der Waals surface area contributed by atoms with Gasteiger partial charge >= 0.3 is 0 Å². The number of aromatic nitrogens is 2. The molecule has 0 aliphatic rings. The summed E-state index contributed by atoms with van der Waals surface area (Å²) < 4.78 is 27.4. The molecule has 1 heterocycles. The van der Waals surface area contributed by atoms with E-state index in [2.05, 4.69) is 16.9 Å². The number of halogens is 2. The highest BCUT2D eigenvalue weighted by atomic mass is 19.1. The van der Waals surface area contributed by atoms with E-state index in [0.29, 0.717) is 17.8 Å². The molecule has 2 nitrogen and oxygen atoms in total. The number of hydrogen-bond acceptors (Lipinski definition) is 2. The highest BCUT2D eigenvalue weighted by Gasteiger charge is 2.09. The molecule has 0 N–H and O–H groups in total. The van der Waals surface area contributed by atoms with Crippen LogP contribution in [-0.2, 0) is 12.8 Å². The fourth-order valence-corrected chi connectivity index (χ4v) is 3.57. The Bertz CT molecular complexity index is 698. The largest absolute Gasteiger partial charge is 0.248 e. The van der Waals surface area contributed by atoms with Crippen molar-refractivity contribution in [3.05, 3.63) is 47.5 Å². The van der Waals surface area contributed by atoms with Crippen LogP contribution in [0.5, 0.6) is 0 Å². The van der Waals surface area contributed by atoms with Gasteiger partial charge in [0, 0.05) is 12.4 Å². The number of unbranched alkanes of at least 4 members (excludes halogenated alkanes) is 7. The minimum absolute atomic E-state index is 0.263. The van der Waals surface area contributed by atoms with Gasteiger partial charge in [0.1, 0.15) is 5.82 Å². The van der Waals surface area contributed by atoms with Gasteiger partial charge in [-0.15, -0.1) is 0 Å². The van der Waals surface area contributed by atoms with E-state index in [9.17, 15) is 8.78 Å². The zero-order chi connectivity index (χ0) is 20.9. The molecule has 1 atom stereocenters. The van der Waals surface area contributed by atoms with E-state index in [0.717, 1.165) is 36.8 Å². The van der Waals surface area contributed by atoms with E-state index < -0.39 is 6.17 Å². The summed E-state index contributed by atoms with van der Waals surface area (Å²) in [5.74, 6) is 0.143. The van der Waals surface area contributed by atoms with Crippen molar-refractivity contribution in [2.45, 2.75) is 97.1 Å². The summed E-state index contributed by atoms with van der Waals surface area (Å²) in [4.78, 5) is 8.62. The Hall–Kier alpha value is -1.84. The molecule has 0 saturated heterocycles. The molecule has 0 aliphatic heterocycles. The van der Waals surface area contributed by atoms with Gasteiger partial charge in [-0.1, -0.05) is 57.9 Å². The van der Waals surface area contributed by atoms with Crippen LogP contribution in [0.25, 0.3) is 11.4 Å². The molecule has 0 saturated carbocycles. The lowest BCUT2D eigenvalue weighted by atomic mass is 10.0. The molecule has 0 fully saturated rings. The predicted octanol–water partition coefficient (Wildman–Crippen LogP) is 7.65. The lowest BCUT2D eigenvalue weighted by Crippen LogP contribution is -1.98. The summed E-state index contributed by atoms with van der Waals surface area (Å²) in [6, 6.07) is 5.39. The molecule has 29 heavy (non-hydrogen) atoms. The Kier molecular flexibility index (Phi) is 10.8. The lowest BCUT2D eigenvalue weighted by Gasteiger charge is -2.07. The molecular weight excluding hydrogens is 366 g/mol. The maximum absolute atomic E-state index is 14.6. The molecule has 0 bridgehead atoms. The van der Waals surface area contributed by atoms with Crippen LogP contribution in [0.4, 0.5) is 8.78 Å². The number of aryl methyl sites for hydroxylation is 2. The first-order valence-corrected chi connectivity index (χ1v) is 11.3. The molecule has 0 radical (unpaired) electrons. The maximum Gasteiger partial charge on any atom is 0.162 e. The molecule has 0 spiro atoms. The SMILES string of the molecule is CCCCCCCCCCc1ccc(-c2ncc(CCCC(C)F)cn2)c(F)c1. The Balaban J connectivity index is 1.78. The van der Waals surface area contributed by atoms with Crippen molar-refractivity contribution < 1.29 is 8.78 Å². The normalized spacial score (nSPS) is 12.3. The first-order valence-electron chi connectivity index (χ1n) is 11.3. The summed E-state index contributed by atoms with van der Waals surface area (Å²) in [7, 11) is 0. The van der Waals surface area contributed by atoms with Gasteiger partial charge in [-0.2, -0.15) is 0 Å². The predicted molar refractivity (Wildman–Crippen MR) is 117 cm³/mol. The second-order valence-corrected chi connectivity index (χ2v) is 8.13. The second-order valence-electron chi connectivity index (χ2n) is 8.13. The third kappa shape index (κ3) is 9.01. The summed E-state index contributed by atoms with van der Waals surface area (Å²) in [6.45, 7) is 3.81. The van der Waals surface area contributed by atoms with Crippen molar-refractivity contribution in [3.8, 4) is 11.4 Å². The highest BCUT2D eigenvalue weighted by Crippen LogP contribution is 2.22. The molecule has 0 aliphatic carbocycles. The molecule has 2 rings (SSSR count). The number of alkyl halides is 1. The first kappa shape index (κ1) is 23.4. The smallest absolute Gasteiger partial charge is 0.162 e. The Labute approximate surface area is 175 Å². The van der Waals surface area contributed by atoms with Gasteiger partial charge in [0.15, 0.2) is 5.82 Å². The van der Waals surface area contributed by atoms with Gasteiger partial charge in [0.2, 0.25) is 0 Å². The number of nitrogens with zero attached hydrogens (tertiary/aromatic N) is 2. The Morgan fingerprint density at radius 3 is 2.07 bits per heavy atom. The molecule has 1 aromatic carbocycles. The average molecular weight is 403 g/mol. The van der Waals surface area contributed by atoms with E-state index in [1.54, 1.807) is 31.5 Å². The van der Waals surface area contributed by atoms with Crippen LogP contribution in [0.15, 0.2) is 30.6 Å². The topological polar surface area (TPSA) is 25.8 Å². The van der Waals surface area contributed by atoms with E-state index in [1.165, 1.54) is 44.9 Å². The molecule has 1 unspecified atom stereocenters. The maximum atomic E-state index is 14.6. The summed E-state index contributed by atoms with van der Waals surface area (Å²) >= 11 is 0. The van der Waals surface area contributed by atoms with Gasteiger partial charge in [0.25, 0.3) is 0 Å². The summed E-state index contributed by atoms with van der Waals surface area (Å²) in [6.07, 6.45) is 15.8. The van der Waals surface area contributed by atoms with Crippen LogP contribution in [-0.4, -0.2) is 16.1 Å². The average Bonchev–Trinajstić information content (AvgIpc) is 2.70. The van der Waals surface area contributed by atoms with Gasteiger partial charge < -0.3 is 0 Å². The van der Waals surface area contributed by atoms with Crippen LogP contribution in [0.3, 0.4) is 0 Å². The van der Waals surface area contributed by atoms with Gasteiger partial charge in [-0.3, -0.25) is 0 Å². The van der Waals surface area contributed by atoms with Crippen molar-refractivity contribution in [1.29, 1.82) is 0 Å². The first-order chi connectivity index (χ1) is 14.1. The number of hydrogen-bond donors (Lipinski definition) is 0. The lowest BCUT2D eigenvalue weighted by molar-refractivity contribution is 0.334. The Morgan fingerprint density at radius 2 is 1.45 bits per heavy atom. The monoisotopic (exact) mass is 402 g/mol. The molecular formula is C25H36F2N2. The zero-order valence-corrected chi connectivity index (χ0v) is 18.1. The molecule has 4 heteroatoms. The van der Waals surface area contributed by atoms with Gasteiger partial charge in [0.05, 0.1) is 11.7 Å². The number of rotatable bonds is 14. The van der Waals surface area contributed by atoms with Crippen LogP contribution in [0, 0.1) is 5.82 Å². The zero-order valence-electron chi connectivity index (χ0n) is 18.1. The van der Waals surface area contributed by atoms with E-state index in [1.807, 2.05) is 6.07 Å².